The Morgan fingerprint density at radius 2 is 1.86 bits per heavy atom. The van der Waals surface area contributed by atoms with Crippen LogP contribution in [0.5, 0.6) is 5.75 Å². The number of phenols is 1. The van der Waals surface area contributed by atoms with Crippen LogP contribution < -0.4 is 4.90 Å². The molecule has 0 aromatic heterocycles. The number of hydrogen-bond donors (Lipinski definition) is 1. The van der Waals surface area contributed by atoms with Gasteiger partial charge in [0.1, 0.15) is 5.75 Å². The second kappa shape index (κ2) is 6.47. The Balaban J connectivity index is 2.51. The smallest absolute Gasteiger partial charge is 0.340 e. The fourth-order valence-electron chi connectivity index (χ4n) is 2.58. The topological polar surface area (TPSA) is 76.1 Å². The van der Waals surface area contributed by atoms with Gasteiger partial charge in [-0.05, 0) is 24.5 Å². The Morgan fingerprint density at radius 1 is 1.19 bits per heavy atom. The van der Waals surface area contributed by atoms with Crippen LogP contribution in [0.2, 0.25) is 0 Å². The van der Waals surface area contributed by atoms with E-state index in [1.807, 2.05) is 4.90 Å². The summed E-state index contributed by atoms with van der Waals surface area (Å²) in [6.45, 7) is 1.62. The van der Waals surface area contributed by atoms with Crippen molar-refractivity contribution >= 4 is 17.6 Å². The zero-order valence-electron chi connectivity index (χ0n) is 12.2. The maximum atomic E-state index is 12.1. The van der Waals surface area contributed by atoms with Crippen LogP contribution in [0.1, 0.15) is 28.8 Å². The fourth-order valence-corrected chi connectivity index (χ4v) is 2.58. The fraction of sp³-hybridized carbons (Fsp3) is 0.467. The Hall–Kier alpha value is -2.24. The van der Waals surface area contributed by atoms with E-state index in [1.165, 1.54) is 20.3 Å². The van der Waals surface area contributed by atoms with Gasteiger partial charge < -0.3 is 19.5 Å². The molecule has 1 N–H and O–H groups in total. The lowest BCUT2D eigenvalue weighted by Gasteiger charge is -2.22. The van der Waals surface area contributed by atoms with E-state index >= 15 is 0 Å². The van der Waals surface area contributed by atoms with Crippen molar-refractivity contribution in [2.24, 2.45) is 0 Å². The second-order valence-electron chi connectivity index (χ2n) is 4.94. The summed E-state index contributed by atoms with van der Waals surface area (Å²) in [6, 6.07) is 2.95. The average molecular weight is 293 g/mol. The van der Waals surface area contributed by atoms with Crippen LogP contribution >= 0.6 is 0 Å². The lowest BCUT2D eigenvalue weighted by molar-refractivity contribution is -0.139. The van der Waals surface area contributed by atoms with Gasteiger partial charge in [0.2, 0.25) is 0 Å². The molecule has 1 aromatic carbocycles. The zero-order chi connectivity index (χ0) is 15.4. The Morgan fingerprint density at radius 3 is 2.43 bits per heavy atom. The zero-order valence-corrected chi connectivity index (χ0v) is 12.2. The van der Waals surface area contributed by atoms with Crippen LogP contribution in [0.25, 0.3) is 0 Å². The van der Waals surface area contributed by atoms with E-state index in [9.17, 15) is 14.7 Å². The number of phenolic OH excluding ortho intramolecular Hbond substituents is 1. The van der Waals surface area contributed by atoms with Crippen molar-refractivity contribution in [1.29, 1.82) is 0 Å². The molecular formula is C15H19NO5. The summed E-state index contributed by atoms with van der Waals surface area (Å²) in [5.41, 5.74) is 1.34. The highest BCUT2D eigenvalue weighted by molar-refractivity contribution is 5.99. The lowest BCUT2D eigenvalue weighted by atomic mass is 10.0. The summed E-state index contributed by atoms with van der Waals surface area (Å²) in [5, 5.41) is 9.89. The van der Waals surface area contributed by atoms with Crippen molar-refractivity contribution in [2.75, 3.05) is 32.2 Å². The number of methoxy groups -OCH3 is 2. The summed E-state index contributed by atoms with van der Waals surface area (Å²) in [6.07, 6.45) is 1.97. The molecule has 21 heavy (non-hydrogen) atoms. The van der Waals surface area contributed by atoms with Crippen molar-refractivity contribution < 1.29 is 24.2 Å². The van der Waals surface area contributed by atoms with Crippen LogP contribution in [0.3, 0.4) is 0 Å². The number of benzene rings is 1. The molecule has 1 aromatic rings. The highest BCUT2D eigenvalue weighted by Crippen LogP contribution is 2.32. The minimum atomic E-state index is -0.518. The van der Waals surface area contributed by atoms with Crippen molar-refractivity contribution in [3.63, 3.8) is 0 Å². The molecule has 0 atom stereocenters. The third-order valence-corrected chi connectivity index (χ3v) is 3.58. The summed E-state index contributed by atoms with van der Waals surface area (Å²) in [5.74, 6) is -0.975. The van der Waals surface area contributed by atoms with Gasteiger partial charge in [0.15, 0.2) is 0 Å². The molecule has 114 valence electrons. The summed E-state index contributed by atoms with van der Waals surface area (Å²) >= 11 is 0. The second-order valence-corrected chi connectivity index (χ2v) is 4.94. The monoisotopic (exact) mass is 293 g/mol. The molecule has 1 aliphatic heterocycles. The summed E-state index contributed by atoms with van der Waals surface area (Å²) < 4.78 is 9.47. The van der Waals surface area contributed by atoms with Crippen molar-refractivity contribution in [3.05, 3.63) is 23.3 Å². The van der Waals surface area contributed by atoms with Gasteiger partial charge in [-0.2, -0.15) is 0 Å². The lowest BCUT2D eigenvalue weighted by Crippen LogP contribution is -2.23. The molecule has 0 unspecified atom stereocenters. The first-order valence-corrected chi connectivity index (χ1v) is 6.82. The van der Waals surface area contributed by atoms with Crippen LogP contribution in [-0.4, -0.2) is 44.4 Å². The molecule has 0 spiro atoms. The quantitative estimate of drug-likeness (QED) is 0.848. The predicted octanol–water partition coefficient (Wildman–Crippen LogP) is 1.49. The first-order valence-electron chi connectivity index (χ1n) is 6.82. The molecule has 1 aliphatic rings. The number of hydrogen-bond acceptors (Lipinski definition) is 6. The molecule has 0 bridgehead atoms. The molecule has 6 heteroatoms. The van der Waals surface area contributed by atoms with E-state index in [4.69, 9.17) is 4.74 Å². The molecule has 2 rings (SSSR count). The Labute approximate surface area is 123 Å². The van der Waals surface area contributed by atoms with Gasteiger partial charge in [-0.15, -0.1) is 0 Å². The normalized spacial score (nSPS) is 14.1. The number of ether oxygens (including phenoxy) is 2. The number of carbonyl (C=O) groups is 2. The van der Waals surface area contributed by atoms with Crippen LogP contribution in [0, 0.1) is 0 Å². The van der Waals surface area contributed by atoms with Crippen LogP contribution in [-0.2, 0) is 20.7 Å². The number of aromatic hydroxyl groups is 1. The van der Waals surface area contributed by atoms with Gasteiger partial charge >= 0.3 is 11.9 Å². The van der Waals surface area contributed by atoms with E-state index in [0.717, 1.165) is 25.9 Å². The maximum absolute atomic E-state index is 12.1. The van der Waals surface area contributed by atoms with Crippen LogP contribution in [0.4, 0.5) is 5.69 Å². The summed E-state index contributed by atoms with van der Waals surface area (Å²) in [7, 11) is 2.58. The van der Waals surface area contributed by atoms with Gasteiger partial charge in [-0.1, -0.05) is 0 Å². The SMILES string of the molecule is COC(=O)Cc1cc(O)cc(N2CCCC2)c1C(=O)OC. The first-order chi connectivity index (χ1) is 10.1. The molecule has 0 radical (unpaired) electrons. The number of esters is 2. The van der Waals surface area contributed by atoms with Gasteiger partial charge in [-0.25, -0.2) is 4.79 Å². The molecule has 1 saturated heterocycles. The van der Waals surface area contributed by atoms with Gasteiger partial charge in [-0.3, -0.25) is 4.79 Å². The third-order valence-electron chi connectivity index (χ3n) is 3.58. The molecule has 1 heterocycles. The molecule has 0 saturated carbocycles. The first kappa shape index (κ1) is 15.2. The molecule has 0 aliphatic carbocycles. The number of rotatable bonds is 4. The largest absolute Gasteiger partial charge is 0.508 e. The third kappa shape index (κ3) is 3.26. The highest BCUT2D eigenvalue weighted by Gasteiger charge is 2.25. The summed E-state index contributed by atoms with van der Waals surface area (Å²) in [4.78, 5) is 25.6. The van der Waals surface area contributed by atoms with Gasteiger partial charge in [0.25, 0.3) is 0 Å². The number of anilines is 1. The van der Waals surface area contributed by atoms with E-state index in [-0.39, 0.29) is 12.2 Å². The predicted molar refractivity (Wildman–Crippen MR) is 76.6 cm³/mol. The van der Waals surface area contributed by atoms with E-state index in [2.05, 4.69) is 4.74 Å². The van der Waals surface area contributed by atoms with Crippen molar-refractivity contribution in [3.8, 4) is 5.75 Å². The maximum Gasteiger partial charge on any atom is 0.340 e. The van der Waals surface area contributed by atoms with E-state index in [1.54, 1.807) is 6.07 Å². The standard InChI is InChI=1S/C15H19NO5/c1-20-13(18)8-10-7-11(17)9-12(14(10)15(19)21-2)16-5-3-4-6-16/h7,9,17H,3-6,8H2,1-2H3. The van der Waals surface area contributed by atoms with Crippen molar-refractivity contribution in [2.45, 2.75) is 19.3 Å². The van der Waals surface area contributed by atoms with Gasteiger partial charge in [0, 0.05) is 19.2 Å². The number of nitrogens with zero attached hydrogens (tertiary/aromatic N) is 1. The van der Waals surface area contributed by atoms with Gasteiger partial charge in [0.05, 0.1) is 31.9 Å². The Kier molecular flexibility index (Phi) is 4.67. The number of carbonyl (C=O) groups excluding carboxylic acids is 2. The van der Waals surface area contributed by atoms with E-state index in [0.29, 0.717) is 16.8 Å². The van der Waals surface area contributed by atoms with Crippen LogP contribution in [0.15, 0.2) is 12.1 Å². The highest BCUT2D eigenvalue weighted by atomic mass is 16.5. The Bertz CT molecular complexity index is 549. The van der Waals surface area contributed by atoms with E-state index < -0.39 is 11.9 Å². The molecule has 0 amide bonds. The molecule has 6 nitrogen and oxygen atoms in total. The average Bonchev–Trinajstić information content (AvgIpc) is 2.99. The minimum absolute atomic E-state index is 0.0171. The van der Waals surface area contributed by atoms with Crippen molar-refractivity contribution in [1.82, 2.24) is 0 Å². The minimum Gasteiger partial charge on any atom is -0.508 e. The molecule has 1 fully saturated rings. The molecular weight excluding hydrogens is 274 g/mol.